The smallest absolute Gasteiger partial charge is 0.124 e. The molecule has 116 valence electrons. The molecule has 1 aromatic rings. The van der Waals surface area contributed by atoms with E-state index in [1.165, 1.54) is 12.8 Å². The molecule has 2 atom stereocenters. The van der Waals surface area contributed by atoms with E-state index in [1.807, 2.05) is 18.2 Å². The van der Waals surface area contributed by atoms with Crippen molar-refractivity contribution in [2.75, 3.05) is 20.2 Å². The minimum Gasteiger partial charge on any atom is -0.496 e. The minimum absolute atomic E-state index is 0.584. The standard InChI is InChI=1S/C17H25ClN2O/c1-3-13-9-19-16(12-7-8-12)11-20(13)10-14-15(18)5-4-6-17(14)21-2/h4-6,12-13,16,19H,3,7-11H2,1-2H3. The van der Waals surface area contributed by atoms with Gasteiger partial charge in [-0.15, -0.1) is 0 Å². The van der Waals surface area contributed by atoms with E-state index < -0.39 is 0 Å². The number of methoxy groups -OCH3 is 1. The molecule has 3 nitrogen and oxygen atoms in total. The number of halogens is 1. The van der Waals surface area contributed by atoms with Crippen LogP contribution in [0, 0.1) is 5.92 Å². The van der Waals surface area contributed by atoms with Crippen molar-refractivity contribution in [3.8, 4) is 5.75 Å². The lowest BCUT2D eigenvalue weighted by molar-refractivity contribution is 0.111. The number of piperazine rings is 1. The van der Waals surface area contributed by atoms with Gasteiger partial charge in [-0.25, -0.2) is 0 Å². The van der Waals surface area contributed by atoms with Crippen LogP contribution in [0.2, 0.25) is 5.02 Å². The highest BCUT2D eigenvalue weighted by molar-refractivity contribution is 6.31. The first-order valence-corrected chi connectivity index (χ1v) is 8.39. The van der Waals surface area contributed by atoms with Gasteiger partial charge in [0.05, 0.1) is 7.11 Å². The van der Waals surface area contributed by atoms with E-state index in [9.17, 15) is 0 Å². The second kappa shape index (κ2) is 6.55. The van der Waals surface area contributed by atoms with Gasteiger partial charge < -0.3 is 10.1 Å². The molecule has 1 heterocycles. The van der Waals surface area contributed by atoms with Crippen LogP contribution >= 0.6 is 11.6 Å². The molecule has 4 heteroatoms. The van der Waals surface area contributed by atoms with E-state index in [4.69, 9.17) is 16.3 Å². The van der Waals surface area contributed by atoms with Gasteiger partial charge in [-0.05, 0) is 37.3 Å². The molecular weight excluding hydrogens is 284 g/mol. The molecule has 0 amide bonds. The molecule has 2 aliphatic rings. The molecule has 3 rings (SSSR count). The van der Waals surface area contributed by atoms with Crippen LogP contribution in [-0.4, -0.2) is 37.2 Å². The molecule has 1 aliphatic carbocycles. The SMILES string of the molecule is CCC1CNC(C2CC2)CN1Cc1c(Cl)cccc1OC. The van der Waals surface area contributed by atoms with Crippen molar-refractivity contribution in [1.82, 2.24) is 10.2 Å². The van der Waals surface area contributed by atoms with Gasteiger partial charge in [-0.1, -0.05) is 24.6 Å². The highest BCUT2D eigenvalue weighted by atomic mass is 35.5. The number of nitrogens with zero attached hydrogens (tertiary/aromatic N) is 1. The molecule has 0 radical (unpaired) electrons. The zero-order valence-electron chi connectivity index (χ0n) is 12.9. The maximum Gasteiger partial charge on any atom is 0.124 e. The first-order chi connectivity index (χ1) is 10.2. The molecular formula is C17H25ClN2O. The summed E-state index contributed by atoms with van der Waals surface area (Å²) >= 11 is 6.41. The third-order valence-electron chi connectivity index (χ3n) is 4.88. The van der Waals surface area contributed by atoms with Crippen LogP contribution in [0.3, 0.4) is 0 Å². The van der Waals surface area contributed by atoms with Crippen LogP contribution in [0.1, 0.15) is 31.7 Å². The molecule has 1 N–H and O–H groups in total. The normalized spacial score (nSPS) is 26.8. The van der Waals surface area contributed by atoms with Crippen molar-refractivity contribution in [2.45, 2.75) is 44.8 Å². The van der Waals surface area contributed by atoms with E-state index in [0.29, 0.717) is 12.1 Å². The highest BCUT2D eigenvalue weighted by Crippen LogP contribution is 2.35. The molecule has 1 saturated carbocycles. The first kappa shape index (κ1) is 15.1. The van der Waals surface area contributed by atoms with E-state index in [0.717, 1.165) is 48.3 Å². The van der Waals surface area contributed by atoms with Gasteiger partial charge in [-0.3, -0.25) is 4.90 Å². The van der Waals surface area contributed by atoms with Gasteiger partial charge >= 0.3 is 0 Å². The van der Waals surface area contributed by atoms with Gasteiger partial charge in [0, 0.05) is 42.3 Å². The topological polar surface area (TPSA) is 24.5 Å². The Kier molecular flexibility index (Phi) is 4.72. The summed E-state index contributed by atoms with van der Waals surface area (Å²) < 4.78 is 5.50. The Hall–Kier alpha value is -0.770. The van der Waals surface area contributed by atoms with E-state index in [2.05, 4.69) is 17.1 Å². The maximum absolute atomic E-state index is 6.41. The van der Waals surface area contributed by atoms with Crippen molar-refractivity contribution in [3.63, 3.8) is 0 Å². The molecule has 0 bridgehead atoms. The summed E-state index contributed by atoms with van der Waals surface area (Å²) in [7, 11) is 1.72. The fourth-order valence-electron chi connectivity index (χ4n) is 3.38. The lowest BCUT2D eigenvalue weighted by Gasteiger charge is -2.40. The Balaban J connectivity index is 1.77. The molecule has 2 fully saturated rings. The average molecular weight is 309 g/mol. The summed E-state index contributed by atoms with van der Waals surface area (Å²) in [6.07, 6.45) is 3.94. The average Bonchev–Trinajstić information content (AvgIpc) is 3.34. The molecule has 1 aromatic carbocycles. The number of benzene rings is 1. The zero-order valence-corrected chi connectivity index (χ0v) is 13.7. The molecule has 21 heavy (non-hydrogen) atoms. The van der Waals surface area contributed by atoms with Crippen LogP contribution in [0.15, 0.2) is 18.2 Å². The monoisotopic (exact) mass is 308 g/mol. The number of rotatable bonds is 5. The Morgan fingerprint density at radius 2 is 2.19 bits per heavy atom. The van der Waals surface area contributed by atoms with Crippen molar-refractivity contribution in [3.05, 3.63) is 28.8 Å². The summed E-state index contributed by atoms with van der Waals surface area (Å²) in [6.45, 7) is 5.36. The Morgan fingerprint density at radius 3 is 2.86 bits per heavy atom. The van der Waals surface area contributed by atoms with Crippen LogP contribution in [-0.2, 0) is 6.54 Å². The van der Waals surface area contributed by atoms with Gasteiger partial charge in [0.15, 0.2) is 0 Å². The van der Waals surface area contributed by atoms with Crippen LogP contribution < -0.4 is 10.1 Å². The van der Waals surface area contributed by atoms with Gasteiger partial charge in [-0.2, -0.15) is 0 Å². The fraction of sp³-hybridized carbons (Fsp3) is 0.647. The van der Waals surface area contributed by atoms with Crippen molar-refractivity contribution in [1.29, 1.82) is 0 Å². The van der Waals surface area contributed by atoms with E-state index in [1.54, 1.807) is 7.11 Å². The van der Waals surface area contributed by atoms with Crippen molar-refractivity contribution < 1.29 is 4.74 Å². The minimum atomic E-state index is 0.584. The van der Waals surface area contributed by atoms with Gasteiger partial charge in [0.25, 0.3) is 0 Å². The summed E-state index contributed by atoms with van der Waals surface area (Å²) in [6, 6.07) is 7.15. The van der Waals surface area contributed by atoms with E-state index >= 15 is 0 Å². The highest BCUT2D eigenvalue weighted by Gasteiger charge is 2.36. The molecule has 1 saturated heterocycles. The predicted octanol–water partition coefficient (Wildman–Crippen LogP) is 3.31. The third kappa shape index (κ3) is 3.36. The first-order valence-electron chi connectivity index (χ1n) is 8.01. The molecule has 0 spiro atoms. The Bertz CT molecular complexity index is 490. The molecule has 0 aromatic heterocycles. The quantitative estimate of drug-likeness (QED) is 0.903. The summed E-state index contributed by atoms with van der Waals surface area (Å²) in [5.74, 6) is 1.79. The zero-order chi connectivity index (χ0) is 14.8. The van der Waals surface area contributed by atoms with Crippen LogP contribution in [0.5, 0.6) is 5.75 Å². The molecule has 1 aliphatic heterocycles. The number of ether oxygens (including phenoxy) is 1. The second-order valence-corrected chi connectivity index (χ2v) is 6.67. The number of hydrogen-bond acceptors (Lipinski definition) is 3. The lowest BCUT2D eigenvalue weighted by Crippen LogP contribution is -2.56. The van der Waals surface area contributed by atoms with Crippen LogP contribution in [0.25, 0.3) is 0 Å². The van der Waals surface area contributed by atoms with Crippen molar-refractivity contribution in [2.24, 2.45) is 5.92 Å². The Morgan fingerprint density at radius 1 is 1.38 bits per heavy atom. The van der Waals surface area contributed by atoms with E-state index in [-0.39, 0.29) is 0 Å². The van der Waals surface area contributed by atoms with Gasteiger partial charge in [0.2, 0.25) is 0 Å². The second-order valence-electron chi connectivity index (χ2n) is 6.26. The summed E-state index contributed by atoms with van der Waals surface area (Å²) in [5.41, 5.74) is 1.12. The summed E-state index contributed by atoms with van der Waals surface area (Å²) in [4.78, 5) is 2.59. The largest absolute Gasteiger partial charge is 0.496 e. The summed E-state index contributed by atoms with van der Waals surface area (Å²) in [5, 5.41) is 4.55. The lowest BCUT2D eigenvalue weighted by atomic mass is 10.0. The maximum atomic E-state index is 6.41. The van der Waals surface area contributed by atoms with Crippen molar-refractivity contribution >= 4 is 11.6 Å². The van der Waals surface area contributed by atoms with Crippen LogP contribution in [0.4, 0.5) is 0 Å². The number of nitrogens with one attached hydrogen (secondary N) is 1. The number of hydrogen-bond donors (Lipinski definition) is 1. The predicted molar refractivity (Wildman–Crippen MR) is 87.0 cm³/mol. The Labute approximate surface area is 132 Å². The molecule has 2 unspecified atom stereocenters. The van der Waals surface area contributed by atoms with Gasteiger partial charge in [0.1, 0.15) is 5.75 Å². The fourth-order valence-corrected chi connectivity index (χ4v) is 3.61. The third-order valence-corrected chi connectivity index (χ3v) is 5.24.